The maximum atomic E-state index is 3.59. The molecule has 0 spiro atoms. The highest BCUT2D eigenvalue weighted by Crippen LogP contribution is 2.22. The highest BCUT2D eigenvalue weighted by molar-refractivity contribution is 7.99. The van der Waals surface area contributed by atoms with Crippen molar-refractivity contribution in [2.75, 3.05) is 12.3 Å². The van der Waals surface area contributed by atoms with Crippen molar-refractivity contribution >= 4 is 11.8 Å². The molecule has 0 aromatic heterocycles. The molecule has 0 bridgehead atoms. The number of rotatable bonds is 7. The molecule has 0 fully saturated rings. The van der Waals surface area contributed by atoms with Crippen molar-refractivity contribution in [3.8, 4) is 0 Å². The highest BCUT2D eigenvalue weighted by Gasteiger charge is 2.07. The third-order valence-electron chi connectivity index (χ3n) is 2.66. The van der Waals surface area contributed by atoms with E-state index in [0.29, 0.717) is 6.04 Å². The van der Waals surface area contributed by atoms with E-state index >= 15 is 0 Å². The summed E-state index contributed by atoms with van der Waals surface area (Å²) in [6.45, 7) is 9.75. The van der Waals surface area contributed by atoms with Gasteiger partial charge in [-0.2, -0.15) is 0 Å². The van der Waals surface area contributed by atoms with Crippen LogP contribution in [0.1, 0.15) is 45.7 Å². The molecule has 1 atom stereocenters. The molecule has 0 heterocycles. The van der Waals surface area contributed by atoms with Gasteiger partial charge >= 0.3 is 0 Å². The van der Waals surface area contributed by atoms with Crippen LogP contribution in [0.2, 0.25) is 0 Å². The van der Waals surface area contributed by atoms with Crippen molar-refractivity contribution in [3.05, 3.63) is 41.5 Å². The summed E-state index contributed by atoms with van der Waals surface area (Å²) >= 11 is 1.89. The predicted molar refractivity (Wildman–Crippen MR) is 83.3 cm³/mol. The van der Waals surface area contributed by atoms with Crippen LogP contribution in [-0.4, -0.2) is 12.3 Å². The summed E-state index contributed by atoms with van der Waals surface area (Å²) in [5, 5.41) is 3.59. The molecule has 0 aliphatic heterocycles. The molecule has 0 radical (unpaired) electrons. The van der Waals surface area contributed by atoms with Crippen molar-refractivity contribution in [2.24, 2.45) is 0 Å². The average molecular weight is 263 g/mol. The average Bonchev–Trinajstić information content (AvgIpc) is 2.35. The Morgan fingerprint density at radius 2 is 1.89 bits per heavy atom. The summed E-state index contributed by atoms with van der Waals surface area (Å²) < 4.78 is 0. The Kier molecular flexibility index (Phi) is 7.14. The number of benzene rings is 1. The van der Waals surface area contributed by atoms with Gasteiger partial charge in [0.25, 0.3) is 0 Å². The van der Waals surface area contributed by atoms with E-state index in [-0.39, 0.29) is 0 Å². The maximum Gasteiger partial charge on any atom is 0.0508 e. The Morgan fingerprint density at radius 3 is 2.39 bits per heavy atom. The van der Waals surface area contributed by atoms with E-state index in [1.165, 1.54) is 16.0 Å². The second-order valence-electron chi connectivity index (χ2n) is 4.68. The van der Waals surface area contributed by atoms with Gasteiger partial charge in [-0.3, -0.25) is 0 Å². The Labute approximate surface area is 116 Å². The monoisotopic (exact) mass is 263 g/mol. The van der Waals surface area contributed by atoms with Gasteiger partial charge < -0.3 is 5.32 Å². The van der Waals surface area contributed by atoms with Gasteiger partial charge in [0.15, 0.2) is 0 Å². The van der Waals surface area contributed by atoms with E-state index < -0.39 is 0 Å². The van der Waals surface area contributed by atoms with Crippen LogP contribution in [0.25, 0.3) is 0 Å². The van der Waals surface area contributed by atoms with Crippen LogP contribution in [0.4, 0.5) is 0 Å². The summed E-state index contributed by atoms with van der Waals surface area (Å²) in [5.41, 5.74) is 2.71. The Balaban J connectivity index is 2.80. The first-order valence-electron chi connectivity index (χ1n) is 6.78. The molecule has 1 aromatic rings. The third kappa shape index (κ3) is 5.28. The fourth-order valence-corrected chi connectivity index (χ4v) is 2.51. The summed E-state index contributed by atoms with van der Waals surface area (Å²) in [5.74, 6) is 1.13. The summed E-state index contributed by atoms with van der Waals surface area (Å²) in [7, 11) is 0. The van der Waals surface area contributed by atoms with Gasteiger partial charge in [0, 0.05) is 4.90 Å². The third-order valence-corrected chi connectivity index (χ3v) is 3.56. The van der Waals surface area contributed by atoms with Crippen molar-refractivity contribution < 1.29 is 0 Å². The lowest BCUT2D eigenvalue weighted by Gasteiger charge is -2.16. The van der Waals surface area contributed by atoms with Crippen LogP contribution >= 0.6 is 11.8 Å². The summed E-state index contributed by atoms with van der Waals surface area (Å²) in [6.07, 6.45) is 3.47. The van der Waals surface area contributed by atoms with Gasteiger partial charge in [-0.15, -0.1) is 11.8 Å². The van der Waals surface area contributed by atoms with Gasteiger partial charge in [-0.05, 0) is 50.3 Å². The van der Waals surface area contributed by atoms with E-state index in [1.807, 2.05) is 11.8 Å². The standard InChI is InChI=1S/C16H25NS/c1-5-11-17-16(12-13(3)4)14-7-9-15(10-8-14)18-6-2/h7-10,12,16-17H,5-6,11H2,1-4H3. The molecule has 100 valence electrons. The van der Waals surface area contributed by atoms with Crippen molar-refractivity contribution in [1.29, 1.82) is 0 Å². The van der Waals surface area contributed by atoms with Crippen LogP contribution < -0.4 is 5.32 Å². The lowest BCUT2D eigenvalue weighted by atomic mass is 10.0. The van der Waals surface area contributed by atoms with Crippen molar-refractivity contribution in [2.45, 2.75) is 45.1 Å². The second kappa shape index (κ2) is 8.39. The number of thioether (sulfide) groups is 1. The molecule has 0 saturated carbocycles. The van der Waals surface area contributed by atoms with Gasteiger partial charge in [0.2, 0.25) is 0 Å². The van der Waals surface area contributed by atoms with E-state index in [1.54, 1.807) is 0 Å². The van der Waals surface area contributed by atoms with Crippen LogP contribution in [0, 0.1) is 0 Å². The molecule has 0 aliphatic rings. The lowest BCUT2D eigenvalue weighted by Crippen LogP contribution is -2.20. The van der Waals surface area contributed by atoms with Gasteiger partial charge in [-0.25, -0.2) is 0 Å². The SMILES string of the molecule is CCCNC(C=C(C)C)c1ccc(SCC)cc1. The van der Waals surface area contributed by atoms with E-state index in [2.05, 4.69) is 63.4 Å². The van der Waals surface area contributed by atoms with Crippen LogP contribution in [0.15, 0.2) is 40.8 Å². The molecule has 18 heavy (non-hydrogen) atoms. The topological polar surface area (TPSA) is 12.0 Å². The maximum absolute atomic E-state index is 3.59. The first-order valence-corrected chi connectivity index (χ1v) is 7.77. The van der Waals surface area contributed by atoms with E-state index in [9.17, 15) is 0 Å². The molecular weight excluding hydrogens is 238 g/mol. The molecular formula is C16H25NS. The fraction of sp³-hybridized carbons (Fsp3) is 0.500. The normalized spacial score (nSPS) is 12.2. The van der Waals surface area contributed by atoms with Gasteiger partial charge in [-0.1, -0.05) is 37.6 Å². The van der Waals surface area contributed by atoms with Gasteiger partial charge in [0.1, 0.15) is 0 Å². The van der Waals surface area contributed by atoms with Crippen LogP contribution in [-0.2, 0) is 0 Å². The van der Waals surface area contributed by atoms with Crippen molar-refractivity contribution in [1.82, 2.24) is 5.32 Å². The summed E-state index contributed by atoms with van der Waals surface area (Å²) in [4.78, 5) is 1.35. The Bertz CT molecular complexity index is 363. The minimum absolute atomic E-state index is 0.343. The predicted octanol–water partition coefficient (Wildman–Crippen LogP) is 4.81. The van der Waals surface area contributed by atoms with E-state index in [4.69, 9.17) is 0 Å². The molecule has 1 unspecified atom stereocenters. The zero-order valence-corrected chi connectivity index (χ0v) is 12.8. The largest absolute Gasteiger partial charge is 0.307 e. The number of hydrogen-bond acceptors (Lipinski definition) is 2. The zero-order chi connectivity index (χ0) is 13.4. The fourth-order valence-electron chi connectivity index (χ4n) is 1.84. The van der Waals surface area contributed by atoms with Crippen LogP contribution in [0.3, 0.4) is 0 Å². The van der Waals surface area contributed by atoms with Crippen molar-refractivity contribution in [3.63, 3.8) is 0 Å². The number of allylic oxidation sites excluding steroid dienone is 1. The molecule has 0 aliphatic carbocycles. The minimum Gasteiger partial charge on any atom is -0.307 e. The Hall–Kier alpha value is -0.730. The number of hydrogen-bond donors (Lipinski definition) is 1. The zero-order valence-electron chi connectivity index (χ0n) is 12.0. The second-order valence-corrected chi connectivity index (χ2v) is 6.02. The minimum atomic E-state index is 0.343. The quantitative estimate of drug-likeness (QED) is 0.560. The first-order chi connectivity index (χ1) is 8.67. The summed E-state index contributed by atoms with van der Waals surface area (Å²) in [6, 6.07) is 9.28. The lowest BCUT2D eigenvalue weighted by molar-refractivity contribution is 0.610. The highest BCUT2D eigenvalue weighted by atomic mass is 32.2. The molecule has 1 nitrogen and oxygen atoms in total. The molecule has 1 aromatic carbocycles. The molecule has 1 N–H and O–H groups in total. The molecule has 1 rings (SSSR count). The molecule has 0 amide bonds. The Morgan fingerprint density at radius 1 is 1.22 bits per heavy atom. The molecule has 0 saturated heterocycles. The number of nitrogens with one attached hydrogen (secondary N) is 1. The van der Waals surface area contributed by atoms with Gasteiger partial charge in [0.05, 0.1) is 6.04 Å². The van der Waals surface area contributed by atoms with Crippen LogP contribution in [0.5, 0.6) is 0 Å². The van der Waals surface area contributed by atoms with E-state index in [0.717, 1.165) is 18.7 Å². The first kappa shape index (κ1) is 15.3. The molecule has 2 heteroatoms. The smallest absolute Gasteiger partial charge is 0.0508 e.